The summed E-state index contributed by atoms with van der Waals surface area (Å²) in [6.45, 7) is 25.9. The van der Waals surface area contributed by atoms with Crippen molar-refractivity contribution in [3.05, 3.63) is 259 Å². The molecule has 2 fully saturated rings. The van der Waals surface area contributed by atoms with E-state index in [-0.39, 0.29) is 0 Å². The first-order chi connectivity index (χ1) is 41.1. The Kier molecular flexibility index (Phi) is 25.2. The van der Waals surface area contributed by atoms with E-state index >= 15 is 0 Å². The normalized spacial score (nSPS) is 14.5. The van der Waals surface area contributed by atoms with Gasteiger partial charge in [-0.15, -0.1) is 0 Å². The molecule has 3 heteroatoms. The van der Waals surface area contributed by atoms with Gasteiger partial charge in [0.1, 0.15) is 0 Å². The third-order valence-corrected chi connectivity index (χ3v) is 16.1. The van der Waals surface area contributed by atoms with Crippen LogP contribution in [0.15, 0.2) is 225 Å². The first-order valence-corrected chi connectivity index (χ1v) is 31.6. The summed E-state index contributed by atoms with van der Waals surface area (Å²) in [6.07, 6.45) is 32.5. The summed E-state index contributed by atoms with van der Waals surface area (Å²) in [4.78, 5) is 6.72. The fourth-order valence-electron chi connectivity index (χ4n) is 10.4. The number of benzene rings is 7. The lowest BCUT2D eigenvalue weighted by Gasteiger charge is -2.28. The van der Waals surface area contributed by atoms with Crippen LogP contribution in [0.2, 0.25) is 0 Å². The molecule has 2 heterocycles. The molecule has 9 aromatic rings. The van der Waals surface area contributed by atoms with E-state index in [1.165, 1.54) is 113 Å². The highest BCUT2D eigenvalue weighted by Gasteiger charge is 2.26. The molecule has 0 bridgehead atoms. The molecule has 3 nitrogen and oxygen atoms in total. The SMILES string of the molecule is C1CCC1.C=C/C(=C\C=C/C)c1ccc(N(c2ccc(-c3cccnc3)cc2)c2ccccc2-c2cccc(-c3ccc4c(c3)c3c(n4-c4ccccc4C)C=CCC3)c2)cc1.CC1CC1C.CCC.CCCCC.CCc1ccccc1C. The molecule has 2 aromatic heterocycles. The summed E-state index contributed by atoms with van der Waals surface area (Å²) >= 11 is 0. The molecule has 0 amide bonds. The minimum absolute atomic E-state index is 1.04. The minimum atomic E-state index is 1.04. The van der Waals surface area contributed by atoms with Gasteiger partial charge in [-0.25, -0.2) is 0 Å². The van der Waals surface area contributed by atoms with Crippen LogP contribution in [-0.4, -0.2) is 9.55 Å². The second-order valence-corrected chi connectivity index (χ2v) is 22.7. The Bertz CT molecular complexity index is 3520. The number of hydrogen-bond donors (Lipinski definition) is 0. The maximum absolute atomic E-state index is 4.36. The van der Waals surface area contributed by atoms with Gasteiger partial charge in [0.25, 0.3) is 0 Å². The standard InChI is InChI=1S/C55H45N3.C9H12.C5H10.C5H12.C4H8.C3H8/c1-4-6-16-40(5-2)41-25-30-47(31-26-41)57(48-32-27-42(28-33-48)46-19-14-35-56-38-46)53-23-11-8-20-49(53)45-18-13-17-43(36-45)44-29-34-55-51(37-44)50-21-9-12-24-54(50)58(55)52-22-10-7-15-39(52)3;1-3-9-7-5-4-6-8(9)2;1-4-3-5(4)2;1-3-5-4-2;1-2-4-3-1;1-3-2/h4-8,10-20,22-38H,2,9,21H2,1,3H3;4-7H,3H2,1-2H3;4-5H,3H2,1-2H3;3-5H2,1-2H3;1-4H2;3H2,1-2H3/b6-4-,40-16+;;;;;. The van der Waals surface area contributed by atoms with E-state index in [0.29, 0.717) is 0 Å². The average Bonchev–Trinajstić information content (AvgIpc) is 4.30. The van der Waals surface area contributed by atoms with Gasteiger partial charge < -0.3 is 9.47 Å². The Morgan fingerprint density at radius 1 is 0.631 bits per heavy atom. The molecule has 3 aliphatic rings. The first-order valence-electron chi connectivity index (χ1n) is 31.6. The number of unbranched alkanes of at least 4 members (excludes halogenated alkanes) is 2. The van der Waals surface area contributed by atoms with Crippen molar-refractivity contribution >= 4 is 39.6 Å². The van der Waals surface area contributed by atoms with Crippen molar-refractivity contribution in [2.24, 2.45) is 11.8 Å². The number of aryl methyl sites for hydroxylation is 4. The maximum atomic E-state index is 4.36. The molecule has 3 aliphatic carbocycles. The zero-order chi connectivity index (χ0) is 59.6. The van der Waals surface area contributed by atoms with Gasteiger partial charge in [0.2, 0.25) is 0 Å². The quantitative estimate of drug-likeness (QED) is 0.107. The van der Waals surface area contributed by atoms with E-state index in [1.807, 2.05) is 37.5 Å². The van der Waals surface area contributed by atoms with Crippen molar-refractivity contribution in [3.8, 4) is 39.1 Å². The number of pyridine rings is 1. The number of fused-ring (bicyclic) bond motifs is 3. The Morgan fingerprint density at radius 3 is 1.80 bits per heavy atom. The van der Waals surface area contributed by atoms with Gasteiger partial charge in [-0.3, -0.25) is 4.98 Å². The van der Waals surface area contributed by atoms with Gasteiger partial charge in [-0.1, -0.05) is 252 Å². The lowest BCUT2D eigenvalue weighted by atomic mass is 9.95. The van der Waals surface area contributed by atoms with Gasteiger partial charge in [0.15, 0.2) is 0 Å². The predicted octanol–water partition coefficient (Wildman–Crippen LogP) is 24.3. The average molecular weight is 1110 g/mol. The van der Waals surface area contributed by atoms with Crippen LogP contribution >= 0.6 is 0 Å². The van der Waals surface area contributed by atoms with E-state index in [9.17, 15) is 0 Å². The molecule has 0 N–H and O–H groups in total. The van der Waals surface area contributed by atoms with Crippen LogP contribution in [-0.2, 0) is 12.8 Å². The molecular weight excluding hydrogens is 1010 g/mol. The third-order valence-electron chi connectivity index (χ3n) is 16.1. The molecule has 0 aliphatic heterocycles. The number of hydrogen-bond acceptors (Lipinski definition) is 2. The molecule has 84 heavy (non-hydrogen) atoms. The fourth-order valence-corrected chi connectivity index (χ4v) is 10.4. The Labute approximate surface area is 507 Å². The van der Waals surface area contributed by atoms with Crippen molar-refractivity contribution in [1.29, 1.82) is 0 Å². The largest absolute Gasteiger partial charge is 0.310 e. The highest BCUT2D eigenvalue weighted by atomic mass is 15.1. The Hall–Kier alpha value is -8.01. The van der Waals surface area contributed by atoms with Crippen molar-refractivity contribution < 1.29 is 0 Å². The molecule has 2 saturated carbocycles. The minimum Gasteiger partial charge on any atom is -0.310 e. The molecule has 7 aromatic carbocycles. The topological polar surface area (TPSA) is 21.1 Å². The Morgan fingerprint density at radius 2 is 1.23 bits per heavy atom. The van der Waals surface area contributed by atoms with Crippen LogP contribution in [0, 0.1) is 25.7 Å². The summed E-state index contributed by atoms with van der Waals surface area (Å²) in [5.41, 5.74) is 21.7. The highest BCUT2D eigenvalue weighted by Crippen LogP contribution is 2.43. The number of anilines is 3. The second kappa shape index (κ2) is 33.3. The molecule has 0 saturated heterocycles. The van der Waals surface area contributed by atoms with Crippen LogP contribution in [0.1, 0.15) is 153 Å². The van der Waals surface area contributed by atoms with Crippen molar-refractivity contribution in [3.63, 3.8) is 0 Å². The van der Waals surface area contributed by atoms with Gasteiger partial charge >= 0.3 is 0 Å². The monoisotopic (exact) mass is 1110 g/mol. The van der Waals surface area contributed by atoms with Crippen LogP contribution < -0.4 is 4.90 Å². The summed E-state index contributed by atoms with van der Waals surface area (Å²) in [5, 5.41) is 1.33. The Balaban J connectivity index is 0.000000320. The number of rotatable bonds is 13. The number of allylic oxidation sites excluding steroid dienone is 6. The molecule has 2 unspecified atom stereocenters. The van der Waals surface area contributed by atoms with Crippen molar-refractivity contribution in [1.82, 2.24) is 9.55 Å². The summed E-state index contributed by atoms with van der Waals surface area (Å²) in [6, 6.07) is 63.6. The van der Waals surface area contributed by atoms with Crippen molar-refractivity contribution in [2.75, 3.05) is 4.90 Å². The molecule has 434 valence electrons. The predicted molar refractivity (Wildman–Crippen MR) is 370 cm³/mol. The molecular formula is C81H95N3. The highest BCUT2D eigenvalue weighted by molar-refractivity contribution is 5.95. The number of aromatic nitrogens is 2. The molecule has 0 spiro atoms. The van der Waals surface area contributed by atoms with Crippen LogP contribution in [0.3, 0.4) is 0 Å². The van der Waals surface area contributed by atoms with Crippen LogP contribution in [0.4, 0.5) is 17.1 Å². The summed E-state index contributed by atoms with van der Waals surface area (Å²) in [5.74, 6) is 2.10. The molecule has 12 rings (SSSR count). The van der Waals surface area contributed by atoms with Gasteiger partial charge in [-0.05, 0) is 186 Å². The van der Waals surface area contributed by atoms with E-state index in [2.05, 4.69) is 278 Å². The van der Waals surface area contributed by atoms with Gasteiger partial charge in [0.05, 0.1) is 11.2 Å². The maximum Gasteiger partial charge on any atom is 0.0540 e. The van der Waals surface area contributed by atoms with Gasteiger partial charge in [0, 0.05) is 46.1 Å². The first kappa shape index (κ1) is 63.6. The third kappa shape index (κ3) is 17.3. The van der Waals surface area contributed by atoms with Crippen molar-refractivity contribution in [2.45, 2.75) is 146 Å². The zero-order valence-electron chi connectivity index (χ0n) is 52.6. The lowest BCUT2D eigenvalue weighted by Crippen LogP contribution is -2.11. The van der Waals surface area contributed by atoms with E-state index < -0.39 is 0 Å². The van der Waals surface area contributed by atoms with E-state index in [4.69, 9.17) is 0 Å². The molecule has 2 atom stereocenters. The number of para-hydroxylation sites is 2. The number of nitrogens with zero attached hydrogens (tertiary/aromatic N) is 3. The second-order valence-electron chi connectivity index (χ2n) is 22.7. The zero-order valence-corrected chi connectivity index (χ0v) is 52.6. The summed E-state index contributed by atoms with van der Waals surface area (Å²) < 4.78 is 2.45. The van der Waals surface area contributed by atoms with E-state index in [0.717, 1.165) is 81.6 Å². The lowest BCUT2D eigenvalue weighted by molar-refractivity contribution is 0.504. The van der Waals surface area contributed by atoms with E-state index in [1.54, 1.807) is 0 Å². The summed E-state index contributed by atoms with van der Waals surface area (Å²) in [7, 11) is 0. The van der Waals surface area contributed by atoms with Crippen LogP contribution in [0.5, 0.6) is 0 Å². The smallest absolute Gasteiger partial charge is 0.0540 e. The van der Waals surface area contributed by atoms with Gasteiger partial charge in [-0.2, -0.15) is 0 Å². The van der Waals surface area contributed by atoms with Crippen LogP contribution in [0.25, 0.3) is 61.6 Å². The fraction of sp³-hybridized carbons (Fsp3) is 0.296. The molecule has 0 radical (unpaired) electrons.